The summed E-state index contributed by atoms with van der Waals surface area (Å²) in [6, 6.07) is 8.19. The maximum absolute atomic E-state index is 13.7. The fraction of sp³-hybridized carbons (Fsp3) is 0.409. The topological polar surface area (TPSA) is 96.7 Å². The number of morpholine rings is 1. The van der Waals surface area contributed by atoms with E-state index in [4.69, 9.17) is 4.74 Å². The number of hydrogen-bond acceptors (Lipinski definition) is 6. The Morgan fingerprint density at radius 1 is 1.15 bits per heavy atom. The lowest BCUT2D eigenvalue weighted by Crippen LogP contribution is -2.36. The lowest BCUT2D eigenvalue weighted by molar-refractivity contribution is -0.384. The van der Waals surface area contributed by atoms with E-state index in [0.717, 1.165) is 25.0 Å². The minimum Gasteiger partial charge on any atom is -0.378 e. The third kappa shape index (κ3) is 5.54. The molecule has 2 aromatic carbocycles. The average Bonchev–Trinajstić information content (AvgIpc) is 3.61. The van der Waals surface area contributed by atoms with E-state index in [9.17, 15) is 28.1 Å². The number of anilines is 2. The summed E-state index contributed by atoms with van der Waals surface area (Å²) in [7, 11) is 0. The second-order valence-electron chi connectivity index (χ2n) is 8.03. The van der Waals surface area contributed by atoms with Gasteiger partial charge in [-0.15, -0.1) is 0 Å². The molecule has 0 radical (unpaired) electrons. The number of nitro benzene ring substituents is 1. The van der Waals surface area contributed by atoms with Crippen molar-refractivity contribution >= 4 is 23.0 Å². The molecule has 1 heterocycles. The SMILES string of the molecule is O=C(NCc1ccc(N2CCOCC2)cc1C(F)(F)F)c1ccc(NC2CC2)c([N+](=O)[O-])c1. The molecule has 0 spiro atoms. The number of halogens is 3. The van der Waals surface area contributed by atoms with Crippen molar-refractivity contribution < 1.29 is 27.6 Å². The first kappa shape index (κ1) is 22.8. The molecule has 1 saturated heterocycles. The zero-order valence-corrected chi connectivity index (χ0v) is 17.7. The first-order valence-electron chi connectivity index (χ1n) is 10.6. The standard InChI is InChI=1S/C22H23F3N4O4/c23-22(24,25)18-12-17(28-7-9-33-10-8-28)5-1-15(18)13-26-21(30)14-2-6-19(27-16-3-4-16)20(11-14)29(31)32/h1-2,5-6,11-12,16,27H,3-4,7-10,13H2,(H,26,30). The molecule has 11 heteroatoms. The molecular weight excluding hydrogens is 441 g/mol. The van der Waals surface area contributed by atoms with Gasteiger partial charge >= 0.3 is 6.18 Å². The summed E-state index contributed by atoms with van der Waals surface area (Å²) < 4.78 is 46.3. The number of nitro groups is 1. The number of hydrogen-bond donors (Lipinski definition) is 2. The van der Waals surface area contributed by atoms with Gasteiger partial charge in [-0.25, -0.2) is 0 Å². The molecule has 1 amide bonds. The second kappa shape index (κ2) is 9.26. The third-order valence-electron chi connectivity index (χ3n) is 5.61. The minimum absolute atomic E-state index is 0.00143. The van der Waals surface area contributed by atoms with E-state index >= 15 is 0 Å². The van der Waals surface area contributed by atoms with Gasteiger partial charge in [0.1, 0.15) is 5.69 Å². The molecule has 2 aliphatic rings. The molecule has 4 rings (SSSR count). The van der Waals surface area contributed by atoms with E-state index in [-0.39, 0.29) is 29.4 Å². The van der Waals surface area contributed by atoms with Crippen molar-refractivity contribution in [1.82, 2.24) is 5.32 Å². The Bertz CT molecular complexity index is 1050. The normalized spacial score (nSPS) is 16.4. The average molecular weight is 464 g/mol. The van der Waals surface area contributed by atoms with Crippen molar-refractivity contribution in [3.8, 4) is 0 Å². The summed E-state index contributed by atoms with van der Waals surface area (Å²) in [4.78, 5) is 25.2. The Labute approximate surface area is 187 Å². The van der Waals surface area contributed by atoms with E-state index in [0.29, 0.717) is 37.7 Å². The van der Waals surface area contributed by atoms with Gasteiger partial charge < -0.3 is 20.3 Å². The number of nitrogens with one attached hydrogen (secondary N) is 2. The number of benzene rings is 2. The van der Waals surface area contributed by atoms with Crippen molar-refractivity contribution in [2.75, 3.05) is 36.5 Å². The van der Waals surface area contributed by atoms with Gasteiger partial charge in [-0.3, -0.25) is 14.9 Å². The van der Waals surface area contributed by atoms with Crippen LogP contribution in [0.15, 0.2) is 36.4 Å². The summed E-state index contributed by atoms with van der Waals surface area (Å²) in [6.45, 7) is 1.52. The molecule has 2 aromatic rings. The van der Waals surface area contributed by atoms with Gasteiger partial charge in [-0.2, -0.15) is 13.2 Å². The molecule has 2 N–H and O–H groups in total. The van der Waals surface area contributed by atoms with Crippen LogP contribution in [0.4, 0.5) is 30.2 Å². The van der Waals surface area contributed by atoms with E-state index in [1.54, 1.807) is 6.07 Å². The molecule has 0 bridgehead atoms. The Balaban J connectivity index is 1.50. The molecule has 0 aromatic heterocycles. The van der Waals surface area contributed by atoms with E-state index < -0.39 is 22.6 Å². The highest BCUT2D eigenvalue weighted by atomic mass is 19.4. The van der Waals surface area contributed by atoms with Crippen LogP contribution in [-0.2, 0) is 17.5 Å². The van der Waals surface area contributed by atoms with Gasteiger partial charge in [-0.1, -0.05) is 6.07 Å². The van der Waals surface area contributed by atoms with Crippen LogP contribution < -0.4 is 15.5 Å². The molecule has 0 unspecified atom stereocenters. The lowest BCUT2D eigenvalue weighted by Gasteiger charge is -2.29. The molecule has 0 atom stereocenters. The molecule has 2 fully saturated rings. The summed E-state index contributed by atoms with van der Waals surface area (Å²) >= 11 is 0. The summed E-state index contributed by atoms with van der Waals surface area (Å²) in [5.74, 6) is -0.693. The Hall–Kier alpha value is -3.34. The Morgan fingerprint density at radius 2 is 1.88 bits per heavy atom. The maximum Gasteiger partial charge on any atom is 0.416 e. The molecule has 176 valence electrons. The quantitative estimate of drug-likeness (QED) is 0.476. The second-order valence-corrected chi connectivity index (χ2v) is 8.03. The highest BCUT2D eigenvalue weighted by molar-refractivity contribution is 5.95. The minimum atomic E-state index is -4.60. The number of amides is 1. The molecular formula is C22H23F3N4O4. The van der Waals surface area contributed by atoms with Crippen molar-refractivity contribution in [2.24, 2.45) is 0 Å². The van der Waals surface area contributed by atoms with Gasteiger partial charge in [0.05, 0.1) is 23.7 Å². The number of carbonyl (C=O) groups excluding carboxylic acids is 1. The third-order valence-corrected chi connectivity index (χ3v) is 5.61. The van der Waals surface area contributed by atoms with Gasteiger partial charge in [0.15, 0.2) is 0 Å². The number of rotatable bonds is 7. The Morgan fingerprint density at radius 3 is 2.52 bits per heavy atom. The van der Waals surface area contributed by atoms with Crippen LogP contribution in [0.5, 0.6) is 0 Å². The van der Waals surface area contributed by atoms with Crippen LogP contribution in [0.3, 0.4) is 0 Å². The van der Waals surface area contributed by atoms with Crippen molar-refractivity contribution in [3.05, 3.63) is 63.2 Å². The first-order valence-corrected chi connectivity index (χ1v) is 10.6. The first-order chi connectivity index (χ1) is 15.7. The molecule has 33 heavy (non-hydrogen) atoms. The smallest absolute Gasteiger partial charge is 0.378 e. The fourth-order valence-electron chi connectivity index (χ4n) is 3.67. The predicted octanol–water partition coefficient (Wildman–Crippen LogP) is 3.95. The van der Waals surface area contributed by atoms with Crippen molar-refractivity contribution in [1.29, 1.82) is 0 Å². The van der Waals surface area contributed by atoms with Gasteiger partial charge in [-0.05, 0) is 42.7 Å². The van der Waals surface area contributed by atoms with Crippen molar-refractivity contribution in [2.45, 2.75) is 31.6 Å². The van der Waals surface area contributed by atoms with E-state index in [2.05, 4.69) is 10.6 Å². The Kier molecular flexibility index (Phi) is 6.41. The summed E-state index contributed by atoms with van der Waals surface area (Å²) in [5, 5.41) is 16.9. The van der Waals surface area contributed by atoms with Crippen LogP contribution in [-0.4, -0.2) is 43.2 Å². The van der Waals surface area contributed by atoms with E-state index in [1.807, 2.05) is 4.90 Å². The highest BCUT2D eigenvalue weighted by Crippen LogP contribution is 2.35. The van der Waals surface area contributed by atoms with Gasteiger partial charge in [0.2, 0.25) is 0 Å². The predicted molar refractivity (Wildman–Crippen MR) is 115 cm³/mol. The van der Waals surface area contributed by atoms with E-state index in [1.165, 1.54) is 18.2 Å². The summed E-state index contributed by atoms with van der Waals surface area (Å²) in [6.07, 6.45) is -2.76. The fourth-order valence-corrected chi connectivity index (χ4v) is 3.67. The lowest BCUT2D eigenvalue weighted by atomic mass is 10.0. The van der Waals surface area contributed by atoms with Crippen LogP contribution >= 0.6 is 0 Å². The molecule has 1 saturated carbocycles. The van der Waals surface area contributed by atoms with Gasteiger partial charge in [0, 0.05) is 43.0 Å². The zero-order valence-electron chi connectivity index (χ0n) is 17.7. The number of nitrogens with zero attached hydrogens (tertiary/aromatic N) is 2. The number of ether oxygens (including phenoxy) is 1. The van der Waals surface area contributed by atoms with Crippen LogP contribution in [0.25, 0.3) is 0 Å². The number of alkyl halides is 3. The van der Waals surface area contributed by atoms with Gasteiger partial charge in [0.25, 0.3) is 11.6 Å². The van der Waals surface area contributed by atoms with Crippen LogP contribution in [0, 0.1) is 10.1 Å². The monoisotopic (exact) mass is 464 g/mol. The number of carbonyl (C=O) groups is 1. The molecule has 1 aliphatic heterocycles. The highest BCUT2D eigenvalue weighted by Gasteiger charge is 2.34. The van der Waals surface area contributed by atoms with Crippen LogP contribution in [0.2, 0.25) is 0 Å². The van der Waals surface area contributed by atoms with Crippen LogP contribution in [0.1, 0.15) is 34.3 Å². The molecule has 1 aliphatic carbocycles. The van der Waals surface area contributed by atoms with Crippen molar-refractivity contribution in [3.63, 3.8) is 0 Å². The largest absolute Gasteiger partial charge is 0.416 e. The summed E-state index contributed by atoms with van der Waals surface area (Å²) in [5.41, 5.74) is -0.412. The maximum atomic E-state index is 13.7. The molecule has 8 nitrogen and oxygen atoms in total. The zero-order chi connectivity index (χ0) is 23.6.